The fraction of sp³-hybridized carbons (Fsp3) is 0.562. The SMILES string of the molecule is Cc1c(NC2C3CCOC3C2(C)C)cccc1C(=O)O. The molecular weight excluding hydrogens is 254 g/mol. The number of rotatable bonds is 3. The highest BCUT2D eigenvalue weighted by Gasteiger charge is 2.59. The summed E-state index contributed by atoms with van der Waals surface area (Å²) in [6, 6.07) is 5.75. The lowest BCUT2D eigenvalue weighted by atomic mass is 9.57. The van der Waals surface area contributed by atoms with Gasteiger partial charge in [0.05, 0.1) is 11.7 Å². The highest BCUT2D eigenvalue weighted by molar-refractivity contribution is 5.91. The molecule has 0 bridgehead atoms. The fourth-order valence-electron chi connectivity index (χ4n) is 3.81. The lowest BCUT2D eigenvalue weighted by molar-refractivity contribution is -0.0923. The van der Waals surface area contributed by atoms with Crippen molar-refractivity contribution in [2.45, 2.75) is 39.3 Å². The first-order valence-corrected chi connectivity index (χ1v) is 7.14. The van der Waals surface area contributed by atoms with Gasteiger partial charge in [0.1, 0.15) is 0 Å². The van der Waals surface area contributed by atoms with Crippen LogP contribution < -0.4 is 5.32 Å². The summed E-state index contributed by atoms with van der Waals surface area (Å²) in [6.07, 6.45) is 1.42. The number of hydrogen-bond donors (Lipinski definition) is 2. The molecule has 0 amide bonds. The van der Waals surface area contributed by atoms with Gasteiger partial charge in [0, 0.05) is 29.7 Å². The highest BCUT2D eigenvalue weighted by Crippen LogP contribution is 2.53. The Morgan fingerprint density at radius 1 is 1.45 bits per heavy atom. The monoisotopic (exact) mass is 275 g/mol. The van der Waals surface area contributed by atoms with Crippen LogP contribution >= 0.6 is 0 Å². The van der Waals surface area contributed by atoms with Crippen LogP contribution in [0.1, 0.15) is 36.2 Å². The molecular formula is C16H21NO3. The number of nitrogens with one attached hydrogen (secondary N) is 1. The molecule has 0 spiro atoms. The van der Waals surface area contributed by atoms with Crippen LogP contribution in [0.2, 0.25) is 0 Å². The average Bonchev–Trinajstić information content (AvgIpc) is 2.83. The minimum atomic E-state index is -0.874. The molecule has 1 aromatic carbocycles. The van der Waals surface area contributed by atoms with Crippen molar-refractivity contribution >= 4 is 11.7 Å². The number of ether oxygens (including phenoxy) is 1. The van der Waals surface area contributed by atoms with Gasteiger partial charge in [-0.3, -0.25) is 0 Å². The summed E-state index contributed by atoms with van der Waals surface area (Å²) in [4.78, 5) is 11.2. The van der Waals surface area contributed by atoms with Crippen LogP contribution in [0, 0.1) is 18.3 Å². The Balaban J connectivity index is 1.85. The van der Waals surface area contributed by atoms with Crippen molar-refractivity contribution in [3.8, 4) is 0 Å². The number of carboxylic acids is 1. The van der Waals surface area contributed by atoms with Crippen LogP contribution in [0.25, 0.3) is 0 Å². The molecule has 4 heteroatoms. The zero-order chi connectivity index (χ0) is 14.5. The number of carboxylic acid groups (broad SMARTS) is 1. The van der Waals surface area contributed by atoms with Crippen molar-refractivity contribution in [2.75, 3.05) is 11.9 Å². The van der Waals surface area contributed by atoms with Gasteiger partial charge in [-0.2, -0.15) is 0 Å². The Morgan fingerprint density at radius 3 is 2.90 bits per heavy atom. The predicted octanol–water partition coefficient (Wildman–Crippen LogP) is 2.92. The van der Waals surface area contributed by atoms with E-state index in [2.05, 4.69) is 19.2 Å². The van der Waals surface area contributed by atoms with Crippen LogP contribution in [0.15, 0.2) is 18.2 Å². The normalized spacial score (nSPS) is 30.4. The molecule has 2 N–H and O–H groups in total. The van der Waals surface area contributed by atoms with E-state index in [9.17, 15) is 9.90 Å². The van der Waals surface area contributed by atoms with Gasteiger partial charge in [-0.1, -0.05) is 19.9 Å². The van der Waals surface area contributed by atoms with Gasteiger partial charge < -0.3 is 15.2 Å². The van der Waals surface area contributed by atoms with Crippen molar-refractivity contribution < 1.29 is 14.6 Å². The van der Waals surface area contributed by atoms with E-state index in [0.29, 0.717) is 23.6 Å². The molecule has 2 fully saturated rings. The topological polar surface area (TPSA) is 58.6 Å². The Bertz CT molecular complexity index is 553. The average molecular weight is 275 g/mol. The van der Waals surface area contributed by atoms with Crippen molar-refractivity contribution in [3.63, 3.8) is 0 Å². The first-order chi connectivity index (χ1) is 9.43. The Kier molecular flexibility index (Phi) is 3.01. The smallest absolute Gasteiger partial charge is 0.336 e. The minimum absolute atomic E-state index is 0.0901. The number of carbonyl (C=O) groups is 1. The zero-order valence-corrected chi connectivity index (χ0v) is 12.1. The second-order valence-corrected chi connectivity index (χ2v) is 6.47. The van der Waals surface area contributed by atoms with E-state index < -0.39 is 5.97 Å². The lowest BCUT2D eigenvalue weighted by Gasteiger charge is -2.55. The van der Waals surface area contributed by atoms with Crippen molar-refractivity contribution in [1.29, 1.82) is 0 Å². The summed E-state index contributed by atoms with van der Waals surface area (Å²) in [5, 5.41) is 12.8. The van der Waals surface area contributed by atoms with Gasteiger partial charge in [-0.25, -0.2) is 4.79 Å². The van der Waals surface area contributed by atoms with Crippen molar-refractivity contribution in [3.05, 3.63) is 29.3 Å². The molecule has 3 atom stereocenters. The quantitative estimate of drug-likeness (QED) is 0.890. The van der Waals surface area contributed by atoms with E-state index in [1.165, 1.54) is 0 Å². The maximum atomic E-state index is 11.2. The van der Waals surface area contributed by atoms with Crippen molar-refractivity contribution in [2.24, 2.45) is 11.3 Å². The molecule has 1 aliphatic carbocycles. The highest BCUT2D eigenvalue weighted by atomic mass is 16.5. The third-order valence-corrected chi connectivity index (χ3v) is 4.98. The van der Waals surface area contributed by atoms with Crippen LogP contribution in [-0.4, -0.2) is 29.8 Å². The standard InChI is InChI=1S/C16H21NO3/c1-9-10(15(18)19)5-4-6-12(9)17-13-11-7-8-20-14(11)16(13,2)3/h4-6,11,13-14,17H,7-8H2,1-3H3,(H,18,19). The fourth-order valence-corrected chi connectivity index (χ4v) is 3.81. The molecule has 0 aromatic heterocycles. The maximum Gasteiger partial charge on any atom is 0.336 e. The van der Waals surface area contributed by atoms with E-state index in [4.69, 9.17) is 4.74 Å². The minimum Gasteiger partial charge on any atom is -0.478 e. The van der Waals surface area contributed by atoms with Gasteiger partial charge in [-0.05, 0) is 31.0 Å². The third-order valence-electron chi connectivity index (χ3n) is 4.98. The second-order valence-electron chi connectivity index (χ2n) is 6.47. The van der Waals surface area contributed by atoms with Crippen LogP contribution in [0.4, 0.5) is 5.69 Å². The molecule has 1 aromatic rings. The number of anilines is 1. The number of hydrogen-bond acceptors (Lipinski definition) is 3. The number of fused-ring (bicyclic) bond motifs is 1. The largest absolute Gasteiger partial charge is 0.478 e. The molecule has 4 nitrogen and oxygen atoms in total. The Hall–Kier alpha value is -1.55. The van der Waals surface area contributed by atoms with Crippen LogP contribution in [0.5, 0.6) is 0 Å². The summed E-state index contributed by atoms with van der Waals surface area (Å²) < 4.78 is 5.79. The second kappa shape index (κ2) is 4.48. The van der Waals surface area contributed by atoms with Gasteiger partial charge >= 0.3 is 5.97 Å². The van der Waals surface area contributed by atoms with Gasteiger partial charge in [0.15, 0.2) is 0 Å². The Labute approximate surface area is 119 Å². The van der Waals surface area contributed by atoms with Gasteiger partial charge in [0.25, 0.3) is 0 Å². The molecule has 3 unspecified atom stereocenters. The number of benzene rings is 1. The first kappa shape index (κ1) is 13.4. The number of aromatic carboxylic acids is 1. The lowest BCUT2D eigenvalue weighted by Crippen LogP contribution is -2.63. The van der Waals surface area contributed by atoms with E-state index >= 15 is 0 Å². The first-order valence-electron chi connectivity index (χ1n) is 7.14. The van der Waals surface area contributed by atoms with Gasteiger partial charge in [-0.15, -0.1) is 0 Å². The summed E-state index contributed by atoms with van der Waals surface area (Å²) in [5.74, 6) is -0.334. The molecule has 0 radical (unpaired) electrons. The molecule has 1 heterocycles. The Morgan fingerprint density at radius 2 is 2.20 bits per heavy atom. The molecule has 108 valence electrons. The third kappa shape index (κ3) is 1.82. The summed E-state index contributed by atoms with van der Waals surface area (Å²) >= 11 is 0. The van der Waals surface area contributed by atoms with Crippen LogP contribution in [0.3, 0.4) is 0 Å². The van der Waals surface area contributed by atoms with E-state index in [0.717, 1.165) is 24.3 Å². The molecule has 1 saturated carbocycles. The molecule has 1 aliphatic heterocycles. The molecule has 20 heavy (non-hydrogen) atoms. The molecule has 3 rings (SSSR count). The summed E-state index contributed by atoms with van der Waals surface area (Å²) in [5.41, 5.74) is 2.19. The van der Waals surface area contributed by atoms with Gasteiger partial charge in [0.2, 0.25) is 0 Å². The predicted molar refractivity (Wildman–Crippen MR) is 77.2 cm³/mol. The summed E-state index contributed by atoms with van der Waals surface area (Å²) in [6.45, 7) is 7.13. The maximum absolute atomic E-state index is 11.2. The molecule has 1 saturated heterocycles. The van der Waals surface area contributed by atoms with E-state index in [1.807, 2.05) is 13.0 Å². The summed E-state index contributed by atoms with van der Waals surface area (Å²) in [7, 11) is 0. The zero-order valence-electron chi connectivity index (χ0n) is 12.1. The van der Waals surface area contributed by atoms with E-state index in [1.54, 1.807) is 12.1 Å². The van der Waals surface area contributed by atoms with E-state index in [-0.39, 0.29) is 5.41 Å². The van der Waals surface area contributed by atoms with Crippen molar-refractivity contribution in [1.82, 2.24) is 0 Å². The van der Waals surface area contributed by atoms with Crippen LogP contribution in [-0.2, 0) is 4.74 Å². The molecule has 2 aliphatic rings.